The average molecular weight is 225 g/mol. The quantitative estimate of drug-likeness (QED) is 0.814. The van der Waals surface area contributed by atoms with Crippen molar-refractivity contribution in [3.05, 3.63) is 24.0 Å². The van der Waals surface area contributed by atoms with Crippen LogP contribution in [0.5, 0.6) is 5.75 Å². The first-order chi connectivity index (χ1) is 7.61. The van der Waals surface area contributed by atoms with Crippen molar-refractivity contribution in [3.8, 4) is 5.75 Å². The standard InChI is InChI=1S/C11H12FNO3/c1-16-10-3-2-7(4-9(10)12)13-6-8(14)5-11(13)15/h2-4,8,14H,5-6H2,1H3. The first kappa shape index (κ1) is 10.9. The van der Waals surface area contributed by atoms with Crippen LogP contribution in [0.3, 0.4) is 0 Å². The topological polar surface area (TPSA) is 49.8 Å². The monoisotopic (exact) mass is 225 g/mol. The van der Waals surface area contributed by atoms with Crippen molar-refractivity contribution in [1.29, 1.82) is 0 Å². The van der Waals surface area contributed by atoms with Gasteiger partial charge in [-0.15, -0.1) is 0 Å². The van der Waals surface area contributed by atoms with Crippen LogP contribution in [-0.4, -0.2) is 30.8 Å². The lowest BCUT2D eigenvalue weighted by atomic mass is 10.2. The van der Waals surface area contributed by atoms with Crippen LogP contribution in [-0.2, 0) is 4.79 Å². The number of aliphatic hydroxyl groups is 1. The maximum absolute atomic E-state index is 13.4. The number of hydrogen-bond acceptors (Lipinski definition) is 3. The summed E-state index contributed by atoms with van der Waals surface area (Å²) >= 11 is 0. The first-order valence-corrected chi connectivity index (χ1v) is 4.94. The summed E-state index contributed by atoms with van der Waals surface area (Å²) in [7, 11) is 1.38. The molecule has 0 bridgehead atoms. The zero-order valence-corrected chi connectivity index (χ0v) is 8.81. The predicted molar refractivity (Wildman–Crippen MR) is 55.9 cm³/mol. The van der Waals surface area contributed by atoms with E-state index in [1.54, 1.807) is 6.07 Å². The number of carbonyl (C=O) groups excluding carboxylic acids is 1. The van der Waals surface area contributed by atoms with Gasteiger partial charge in [-0.1, -0.05) is 0 Å². The van der Waals surface area contributed by atoms with Gasteiger partial charge in [0.25, 0.3) is 0 Å². The van der Waals surface area contributed by atoms with Crippen LogP contribution in [0.25, 0.3) is 0 Å². The summed E-state index contributed by atoms with van der Waals surface area (Å²) in [6.45, 7) is 0.213. The van der Waals surface area contributed by atoms with Gasteiger partial charge in [-0.05, 0) is 12.1 Å². The molecule has 4 nitrogen and oxygen atoms in total. The molecule has 86 valence electrons. The number of halogens is 1. The second kappa shape index (κ2) is 4.09. The number of nitrogens with zero attached hydrogens (tertiary/aromatic N) is 1. The van der Waals surface area contributed by atoms with Crippen LogP contribution in [0.2, 0.25) is 0 Å². The van der Waals surface area contributed by atoms with Crippen LogP contribution >= 0.6 is 0 Å². The van der Waals surface area contributed by atoms with Gasteiger partial charge in [0.05, 0.1) is 26.2 Å². The maximum Gasteiger partial charge on any atom is 0.229 e. The molecule has 1 aliphatic heterocycles. The number of anilines is 1. The van der Waals surface area contributed by atoms with Gasteiger partial charge < -0.3 is 14.7 Å². The van der Waals surface area contributed by atoms with Gasteiger partial charge >= 0.3 is 0 Å². The van der Waals surface area contributed by atoms with Crippen molar-refractivity contribution in [2.24, 2.45) is 0 Å². The minimum Gasteiger partial charge on any atom is -0.494 e. The minimum absolute atomic E-state index is 0.0909. The number of rotatable bonds is 2. The van der Waals surface area contributed by atoms with Crippen LogP contribution in [0, 0.1) is 5.82 Å². The fraction of sp³-hybridized carbons (Fsp3) is 0.364. The fourth-order valence-electron chi connectivity index (χ4n) is 1.76. The molecule has 0 aliphatic carbocycles. The summed E-state index contributed by atoms with van der Waals surface area (Å²) < 4.78 is 18.2. The smallest absolute Gasteiger partial charge is 0.229 e. The Balaban J connectivity index is 2.28. The van der Waals surface area contributed by atoms with E-state index in [1.807, 2.05) is 0 Å². The van der Waals surface area contributed by atoms with E-state index < -0.39 is 11.9 Å². The summed E-state index contributed by atoms with van der Waals surface area (Å²) in [6, 6.07) is 4.29. The minimum atomic E-state index is -0.669. The zero-order valence-electron chi connectivity index (χ0n) is 8.81. The molecule has 5 heteroatoms. The number of carbonyl (C=O) groups is 1. The lowest BCUT2D eigenvalue weighted by molar-refractivity contribution is -0.117. The Hall–Kier alpha value is -1.62. The first-order valence-electron chi connectivity index (χ1n) is 4.94. The van der Waals surface area contributed by atoms with Crippen LogP contribution < -0.4 is 9.64 Å². The fourth-order valence-corrected chi connectivity index (χ4v) is 1.76. The summed E-state index contributed by atoms with van der Waals surface area (Å²) in [5.41, 5.74) is 0.444. The van der Waals surface area contributed by atoms with Crippen molar-refractivity contribution in [3.63, 3.8) is 0 Å². The number of aliphatic hydroxyl groups excluding tert-OH is 1. The number of methoxy groups -OCH3 is 1. The van der Waals surface area contributed by atoms with E-state index in [-0.39, 0.29) is 24.6 Å². The summed E-state index contributed by atoms with van der Waals surface area (Å²) in [5, 5.41) is 9.32. The Bertz CT molecular complexity index is 422. The highest BCUT2D eigenvalue weighted by Crippen LogP contribution is 2.26. The molecule has 1 unspecified atom stereocenters. The van der Waals surface area contributed by atoms with E-state index >= 15 is 0 Å². The lowest BCUT2D eigenvalue weighted by Crippen LogP contribution is -2.25. The molecular weight excluding hydrogens is 213 g/mol. The second-order valence-electron chi connectivity index (χ2n) is 3.68. The molecule has 1 atom stereocenters. The second-order valence-corrected chi connectivity index (χ2v) is 3.68. The van der Waals surface area contributed by atoms with E-state index in [1.165, 1.54) is 24.1 Å². The number of amides is 1. The largest absolute Gasteiger partial charge is 0.494 e. The zero-order chi connectivity index (χ0) is 11.7. The van der Waals surface area contributed by atoms with Gasteiger partial charge in [0.1, 0.15) is 0 Å². The normalized spacial score (nSPS) is 20.3. The highest BCUT2D eigenvalue weighted by Gasteiger charge is 2.29. The number of ether oxygens (including phenoxy) is 1. The van der Waals surface area contributed by atoms with E-state index in [2.05, 4.69) is 0 Å². The van der Waals surface area contributed by atoms with Gasteiger partial charge in [0, 0.05) is 11.8 Å². The van der Waals surface area contributed by atoms with Crippen molar-refractivity contribution in [2.45, 2.75) is 12.5 Å². The summed E-state index contributed by atoms with van der Waals surface area (Å²) in [4.78, 5) is 12.8. The van der Waals surface area contributed by atoms with E-state index in [4.69, 9.17) is 4.74 Å². The molecule has 0 spiro atoms. The van der Waals surface area contributed by atoms with Crippen molar-refractivity contribution >= 4 is 11.6 Å². The summed E-state index contributed by atoms with van der Waals surface area (Å²) in [5.74, 6) is -0.581. The third kappa shape index (κ3) is 1.86. The molecule has 1 amide bonds. The molecule has 1 fully saturated rings. The number of hydrogen-bond donors (Lipinski definition) is 1. The Morgan fingerprint density at radius 3 is 2.81 bits per heavy atom. The van der Waals surface area contributed by atoms with Gasteiger partial charge in [-0.2, -0.15) is 0 Å². The van der Waals surface area contributed by atoms with Crippen molar-refractivity contribution in [1.82, 2.24) is 0 Å². The van der Waals surface area contributed by atoms with Gasteiger partial charge in [0.15, 0.2) is 11.6 Å². The van der Waals surface area contributed by atoms with Crippen LogP contribution in [0.1, 0.15) is 6.42 Å². The highest BCUT2D eigenvalue weighted by atomic mass is 19.1. The molecule has 1 N–H and O–H groups in total. The molecule has 0 saturated carbocycles. The number of β-amino-alcohol motifs (C(OH)–C–C–N with tert-alkyl or cyclic N) is 1. The molecule has 0 aromatic heterocycles. The Labute approximate surface area is 92.2 Å². The molecule has 16 heavy (non-hydrogen) atoms. The van der Waals surface area contributed by atoms with Crippen molar-refractivity contribution < 1.29 is 19.0 Å². The summed E-state index contributed by atoms with van der Waals surface area (Å²) in [6.07, 6.45) is -0.578. The van der Waals surface area contributed by atoms with Crippen molar-refractivity contribution in [2.75, 3.05) is 18.6 Å². The van der Waals surface area contributed by atoms with Gasteiger partial charge in [-0.3, -0.25) is 4.79 Å². The Kier molecular flexibility index (Phi) is 2.78. The highest BCUT2D eigenvalue weighted by molar-refractivity contribution is 5.96. The molecule has 2 rings (SSSR count). The van der Waals surface area contributed by atoms with E-state index in [0.29, 0.717) is 5.69 Å². The Morgan fingerprint density at radius 1 is 1.56 bits per heavy atom. The van der Waals surface area contributed by atoms with E-state index in [0.717, 1.165) is 0 Å². The third-order valence-corrected chi connectivity index (χ3v) is 2.55. The predicted octanol–water partition coefficient (Wildman–Crippen LogP) is 0.932. The molecule has 0 radical (unpaired) electrons. The average Bonchev–Trinajstić information content (AvgIpc) is 2.58. The molecule has 1 aromatic carbocycles. The Morgan fingerprint density at radius 2 is 2.31 bits per heavy atom. The lowest BCUT2D eigenvalue weighted by Gasteiger charge is -2.16. The van der Waals surface area contributed by atoms with Crippen LogP contribution in [0.4, 0.5) is 10.1 Å². The third-order valence-electron chi connectivity index (χ3n) is 2.55. The molecule has 1 aliphatic rings. The van der Waals surface area contributed by atoms with Crippen LogP contribution in [0.15, 0.2) is 18.2 Å². The molecular formula is C11H12FNO3. The molecule has 1 aromatic rings. The molecule has 1 saturated heterocycles. The van der Waals surface area contributed by atoms with Gasteiger partial charge in [0.2, 0.25) is 5.91 Å². The SMILES string of the molecule is COc1ccc(N2CC(O)CC2=O)cc1F. The maximum atomic E-state index is 13.4. The van der Waals surface area contributed by atoms with E-state index in [9.17, 15) is 14.3 Å². The number of benzene rings is 1. The molecule has 1 heterocycles. The van der Waals surface area contributed by atoms with Gasteiger partial charge in [-0.25, -0.2) is 4.39 Å².